The topological polar surface area (TPSA) is 92.3 Å². The van der Waals surface area contributed by atoms with E-state index in [-0.39, 0.29) is 17.1 Å². The molecule has 8 heteroatoms. The van der Waals surface area contributed by atoms with Gasteiger partial charge in [-0.1, -0.05) is 18.2 Å². The summed E-state index contributed by atoms with van der Waals surface area (Å²) in [5, 5.41) is 0. The second kappa shape index (κ2) is 9.50. The first-order valence-corrected chi connectivity index (χ1v) is 8.45. The molecule has 2 aromatic carbocycles. The largest absolute Gasteiger partial charge is 0.493 e. The lowest BCUT2D eigenvalue weighted by Gasteiger charge is -2.17. The van der Waals surface area contributed by atoms with Crippen LogP contribution in [0.3, 0.4) is 0 Å². The van der Waals surface area contributed by atoms with Gasteiger partial charge in [-0.15, -0.1) is 0 Å². The van der Waals surface area contributed by atoms with Gasteiger partial charge < -0.3 is 23.8 Å². The molecule has 1 atom stereocenters. The molecule has 0 aliphatic heterocycles. The number of para-hydroxylation sites is 1. The number of benzene rings is 2. The highest BCUT2D eigenvalue weighted by atomic mass is 16.7. The fourth-order valence-corrected chi connectivity index (χ4v) is 2.43. The normalized spacial score (nSPS) is 11.2. The van der Waals surface area contributed by atoms with Gasteiger partial charge in [-0.3, -0.25) is 4.79 Å². The van der Waals surface area contributed by atoms with E-state index in [9.17, 15) is 9.59 Å². The van der Waals surface area contributed by atoms with Gasteiger partial charge in [0.25, 0.3) is 5.91 Å². The fraction of sp³-hybridized carbons (Fsp3) is 0.300. The number of hydrogen-bond acceptors (Lipinski definition) is 7. The predicted octanol–water partition coefficient (Wildman–Crippen LogP) is 2.68. The van der Waals surface area contributed by atoms with Gasteiger partial charge in [0.1, 0.15) is 11.3 Å². The summed E-state index contributed by atoms with van der Waals surface area (Å²) in [6, 6.07) is 10.3. The van der Waals surface area contributed by atoms with Gasteiger partial charge in [-0.25, -0.2) is 4.79 Å². The smallest absolute Gasteiger partial charge is 0.366 e. The highest BCUT2D eigenvalue weighted by Gasteiger charge is 2.24. The maximum absolute atomic E-state index is 12.4. The number of nitrogens with one attached hydrogen (secondary N) is 1. The summed E-state index contributed by atoms with van der Waals surface area (Å²) in [6.45, 7) is 3.41. The first kappa shape index (κ1) is 20.9. The van der Waals surface area contributed by atoms with Gasteiger partial charge in [0.15, 0.2) is 17.6 Å². The number of amides is 1. The quantitative estimate of drug-likeness (QED) is 0.728. The van der Waals surface area contributed by atoms with Crippen LogP contribution in [0.15, 0.2) is 36.4 Å². The summed E-state index contributed by atoms with van der Waals surface area (Å²) in [6.07, 6.45) is -0.874. The molecular formula is C20H23NO7. The Bertz CT molecular complexity index is 850. The first-order chi connectivity index (χ1) is 13.4. The van der Waals surface area contributed by atoms with Crippen LogP contribution in [0.2, 0.25) is 0 Å². The Morgan fingerprint density at radius 1 is 0.893 bits per heavy atom. The van der Waals surface area contributed by atoms with E-state index >= 15 is 0 Å². The standard InChI is InChI=1S/C20H23NO7/c1-12-8-6-7-9-15(12)27-13(2)19(22)21-28-20(23)14-10-11-16(24-3)18(26-5)17(14)25-4/h6-11,13H,1-5H3,(H,21,22). The van der Waals surface area contributed by atoms with Crippen LogP contribution in [0.25, 0.3) is 0 Å². The number of hydroxylamine groups is 1. The predicted molar refractivity (Wildman–Crippen MR) is 101 cm³/mol. The van der Waals surface area contributed by atoms with E-state index < -0.39 is 18.0 Å². The van der Waals surface area contributed by atoms with Gasteiger partial charge in [-0.05, 0) is 37.6 Å². The molecule has 2 aromatic rings. The van der Waals surface area contributed by atoms with Crippen molar-refractivity contribution in [2.75, 3.05) is 21.3 Å². The third kappa shape index (κ3) is 4.64. The number of rotatable bonds is 7. The van der Waals surface area contributed by atoms with Crippen molar-refractivity contribution in [2.45, 2.75) is 20.0 Å². The average Bonchev–Trinajstić information content (AvgIpc) is 2.71. The molecular weight excluding hydrogens is 366 g/mol. The Labute approximate surface area is 163 Å². The lowest BCUT2D eigenvalue weighted by atomic mass is 10.1. The van der Waals surface area contributed by atoms with Crippen LogP contribution >= 0.6 is 0 Å². The summed E-state index contributed by atoms with van der Waals surface area (Å²) in [4.78, 5) is 29.5. The Morgan fingerprint density at radius 2 is 1.57 bits per heavy atom. The Kier molecular flexibility index (Phi) is 7.08. The highest BCUT2D eigenvalue weighted by molar-refractivity contribution is 5.95. The molecule has 2 rings (SSSR count). The molecule has 8 nitrogen and oxygen atoms in total. The zero-order valence-electron chi connectivity index (χ0n) is 16.4. The molecule has 1 N–H and O–H groups in total. The molecule has 0 aromatic heterocycles. The van der Waals surface area contributed by atoms with E-state index in [1.165, 1.54) is 33.5 Å². The third-order valence-corrected chi connectivity index (χ3v) is 3.93. The maximum atomic E-state index is 12.4. The second-order valence-electron chi connectivity index (χ2n) is 5.76. The summed E-state index contributed by atoms with van der Waals surface area (Å²) < 4.78 is 21.2. The summed E-state index contributed by atoms with van der Waals surface area (Å²) in [5.74, 6) is -0.115. The molecule has 0 bridgehead atoms. The number of carbonyl (C=O) groups is 2. The fourth-order valence-electron chi connectivity index (χ4n) is 2.43. The van der Waals surface area contributed by atoms with Crippen molar-refractivity contribution in [1.82, 2.24) is 5.48 Å². The van der Waals surface area contributed by atoms with Crippen LogP contribution in [0, 0.1) is 6.92 Å². The lowest BCUT2D eigenvalue weighted by Crippen LogP contribution is -2.37. The third-order valence-electron chi connectivity index (χ3n) is 3.93. The molecule has 150 valence electrons. The second-order valence-corrected chi connectivity index (χ2v) is 5.76. The van der Waals surface area contributed by atoms with Crippen molar-refractivity contribution in [1.29, 1.82) is 0 Å². The Balaban J connectivity index is 2.05. The zero-order chi connectivity index (χ0) is 20.7. The van der Waals surface area contributed by atoms with Crippen molar-refractivity contribution >= 4 is 11.9 Å². The molecule has 0 saturated carbocycles. The van der Waals surface area contributed by atoms with Gasteiger partial charge in [-0.2, -0.15) is 5.48 Å². The van der Waals surface area contributed by atoms with Crippen LogP contribution in [0.5, 0.6) is 23.0 Å². The van der Waals surface area contributed by atoms with E-state index in [0.29, 0.717) is 11.5 Å². The van der Waals surface area contributed by atoms with Gasteiger partial charge in [0, 0.05) is 0 Å². The average molecular weight is 389 g/mol. The SMILES string of the molecule is COc1ccc(C(=O)ONC(=O)C(C)Oc2ccccc2C)c(OC)c1OC. The van der Waals surface area contributed by atoms with Gasteiger partial charge >= 0.3 is 5.97 Å². The van der Waals surface area contributed by atoms with Crippen LogP contribution in [0.4, 0.5) is 0 Å². The Hall–Kier alpha value is -3.42. The number of methoxy groups -OCH3 is 3. The Morgan fingerprint density at radius 3 is 2.18 bits per heavy atom. The van der Waals surface area contributed by atoms with Crippen LogP contribution in [-0.2, 0) is 9.63 Å². The van der Waals surface area contributed by atoms with Crippen molar-refractivity contribution in [3.05, 3.63) is 47.5 Å². The molecule has 0 saturated heterocycles. The number of ether oxygens (including phenoxy) is 4. The minimum atomic E-state index is -0.874. The molecule has 1 amide bonds. The minimum Gasteiger partial charge on any atom is -0.493 e. The molecule has 1 unspecified atom stereocenters. The molecule has 28 heavy (non-hydrogen) atoms. The van der Waals surface area contributed by atoms with E-state index in [1.54, 1.807) is 19.1 Å². The summed E-state index contributed by atoms with van der Waals surface area (Å²) in [5.41, 5.74) is 3.04. The van der Waals surface area contributed by atoms with Crippen LogP contribution < -0.4 is 24.4 Å². The van der Waals surface area contributed by atoms with E-state index in [2.05, 4.69) is 5.48 Å². The minimum absolute atomic E-state index is 0.0629. The molecule has 0 aliphatic rings. The van der Waals surface area contributed by atoms with Gasteiger partial charge in [0.2, 0.25) is 5.75 Å². The molecule has 0 radical (unpaired) electrons. The van der Waals surface area contributed by atoms with Crippen molar-refractivity contribution in [2.24, 2.45) is 0 Å². The van der Waals surface area contributed by atoms with Gasteiger partial charge in [0.05, 0.1) is 21.3 Å². The maximum Gasteiger partial charge on any atom is 0.366 e. The monoisotopic (exact) mass is 389 g/mol. The van der Waals surface area contributed by atoms with Crippen molar-refractivity contribution in [3.8, 4) is 23.0 Å². The van der Waals surface area contributed by atoms with E-state index in [4.69, 9.17) is 23.8 Å². The number of aryl methyl sites for hydroxylation is 1. The zero-order valence-corrected chi connectivity index (χ0v) is 16.4. The highest BCUT2D eigenvalue weighted by Crippen LogP contribution is 2.39. The molecule has 0 spiro atoms. The van der Waals surface area contributed by atoms with Crippen LogP contribution in [0.1, 0.15) is 22.8 Å². The van der Waals surface area contributed by atoms with E-state index in [0.717, 1.165) is 5.56 Å². The van der Waals surface area contributed by atoms with Crippen molar-refractivity contribution < 1.29 is 33.4 Å². The first-order valence-electron chi connectivity index (χ1n) is 8.45. The molecule has 0 aliphatic carbocycles. The van der Waals surface area contributed by atoms with Crippen LogP contribution in [-0.4, -0.2) is 39.3 Å². The molecule has 0 fully saturated rings. The number of carbonyl (C=O) groups excluding carboxylic acids is 2. The van der Waals surface area contributed by atoms with E-state index in [1.807, 2.05) is 19.1 Å². The lowest BCUT2D eigenvalue weighted by molar-refractivity contribution is -0.136. The summed E-state index contributed by atoms with van der Waals surface area (Å²) >= 11 is 0. The summed E-state index contributed by atoms with van der Waals surface area (Å²) in [7, 11) is 4.26. The van der Waals surface area contributed by atoms with Crippen molar-refractivity contribution in [3.63, 3.8) is 0 Å². The number of hydrogen-bond donors (Lipinski definition) is 1. The molecule has 0 heterocycles.